The Hall–Kier alpha value is -3.17. The van der Waals surface area contributed by atoms with E-state index < -0.39 is 28.5 Å². The quantitative estimate of drug-likeness (QED) is 0.297. The van der Waals surface area contributed by atoms with Gasteiger partial charge in [-0.3, -0.25) is 13.9 Å². The van der Waals surface area contributed by atoms with Gasteiger partial charge in [-0.1, -0.05) is 89.9 Å². The number of amides is 2. The minimum atomic E-state index is -3.81. The van der Waals surface area contributed by atoms with E-state index >= 15 is 0 Å². The van der Waals surface area contributed by atoms with Crippen molar-refractivity contribution in [3.05, 3.63) is 99.5 Å². The molecule has 3 aromatic carbocycles. The molecule has 0 saturated heterocycles. The van der Waals surface area contributed by atoms with Crippen LogP contribution in [0.3, 0.4) is 0 Å². The predicted molar refractivity (Wildman–Crippen MR) is 165 cm³/mol. The molecular weight excluding hydrogens is 590 g/mol. The number of halogens is 1. The number of benzene rings is 3. The van der Waals surface area contributed by atoms with Gasteiger partial charge in [-0.2, -0.15) is 0 Å². The number of hydrogen-bond donors (Lipinski definition) is 1. The Bertz CT molecular complexity index is 1430. The van der Waals surface area contributed by atoms with Gasteiger partial charge in [0.1, 0.15) is 12.6 Å². The average molecular weight is 629 g/mol. The minimum Gasteiger partial charge on any atom is -0.354 e. The summed E-state index contributed by atoms with van der Waals surface area (Å²) in [6.45, 7) is 8.02. The summed E-state index contributed by atoms with van der Waals surface area (Å²) in [6.07, 6.45) is 1.37. The normalized spacial score (nSPS) is 12.2. The molecule has 0 aliphatic carbocycles. The predicted octanol–water partition coefficient (Wildman–Crippen LogP) is 5.24. The summed E-state index contributed by atoms with van der Waals surface area (Å²) in [6, 6.07) is 21.6. The molecule has 0 spiro atoms. The van der Waals surface area contributed by atoms with Gasteiger partial charge in [0.15, 0.2) is 0 Å². The summed E-state index contributed by atoms with van der Waals surface area (Å²) in [5, 5.41) is 2.99. The van der Waals surface area contributed by atoms with Crippen LogP contribution >= 0.6 is 15.9 Å². The lowest BCUT2D eigenvalue weighted by Gasteiger charge is -2.33. The SMILES string of the molecule is Cc1cccc(CN(C(=O)CN(c2ccc(Br)c(C)c2)S(C)(=O)=O)[C@H](Cc2ccccc2)C(=O)NCC(C)C)c1. The highest BCUT2D eigenvalue weighted by molar-refractivity contribution is 9.10. The van der Waals surface area contributed by atoms with Crippen molar-refractivity contribution in [2.24, 2.45) is 5.92 Å². The van der Waals surface area contributed by atoms with E-state index in [0.717, 1.165) is 37.3 Å². The molecular formula is C31H38BrN3O4S. The third kappa shape index (κ3) is 8.93. The topological polar surface area (TPSA) is 86.8 Å². The zero-order valence-electron chi connectivity index (χ0n) is 23.7. The molecule has 1 atom stereocenters. The molecule has 2 amide bonds. The Morgan fingerprint density at radius 1 is 0.925 bits per heavy atom. The number of hydrogen-bond acceptors (Lipinski definition) is 4. The van der Waals surface area contributed by atoms with Crippen molar-refractivity contribution in [3.63, 3.8) is 0 Å². The molecule has 0 heterocycles. The van der Waals surface area contributed by atoms with Crippen LogP contribution in [0.5, 0.6) is 0 Å². The highest BCUT2D eigenvalue weighted by Gasteiger charge is 2.33. The Morgan fingerprint density at radius 3 is 2.20 bits per heavy atom. The van der Waals surface area contributed by atoms with Crippen LogP contribution in [-0.4, -0.2) is 50.5 Å². The molecule has 0 radical (unpaired) electrons. The average Bonchev–Trinajstić information content (AvgIpc) is 2.89. The second kappa shape index (κ2) is 13.9. The number of nitrogens with zero attached hydrogens (tertiary/aromatic N) is 2. The van der Waals surface area contributed by atoms with Crippen molar-refractivity contribution in [3.8, 4) is 0 Å². The largest absolute Gasteiger partial charge is 0.354 e. The van der Waals surface area contributed by atoms with Crippen molar-refractivity contribution in [2.75, 3.05) is 23.7 Å². The number of carbonyl (C=O) groups excluding carboxylic acids is 2. The van der Waals surface area contributed by atoms with Gasteiger partial charge in [0, 0.05) is 24.0 Å². The summed E-state index contributed by atoms with van der Waals surface area (Å²) in [5.74, 6) is -0.513. The van der Waals surface area contributed by atoms with Gasteiger partial charge < -0.3 is 10.2 Å². The molecule has 7 nitrogen and oxygen atoms in total. The molecule has 1 N–H and O–H groups in total. The van der Waals surface area contributed by atoms with Gasteiger partial charge >= 0.3 is 0 Å². The number of rotatable bonds is 12. The Kier molecular flexibility index (Phi) is 10.9. The van der Waals surface area contributed by atoms with Crippen LogP contribution in [0.4, 0.5) is 5.69 Å². The molecule has 0 aliphatic rings. The van der Waals surface area contributed by atoms with Gasteiger partial charge in [-0.15, -0.1) is 0 Å². The van der Waals surface area contributed by atoms with E-state index in [2.05, 4.69) is 21.2 Å². The van der Waals surface area contributed by atoms with Crippen molar-refractivity contribution >= 4 is 43.5 Å². The third-order valence-corrected chi connectivity index (χ3v) is 8.53. The summed E-state index contributed by atoms with van der Waals surface area (Å²) in [5.41, 5.74) is 4.00. The molecule has 40 heavy (non-hydrogen) atoms. The highest BCUT2D eigenvalue weighted by Crippen LogP contribution is 2.25. The first kappa shape index (κ1) is 31.4. The monoisotopic (exact) mass is 627 g/mol. The van der Waals surface area contributed by atoms with E-state index in [1.54, 1.807) is 18.2 Å². The maximum absolute atomic E-state index is 14.1. The molecule has 214 valence electrons. The summed E-state index contributed by atoms with van der Waals surface area (Å²) in [7, 11) is -3.81. The van der Waals surface area contributed by atoms with E-state index in [-0.39, 0.29) is 18.4 Å². The Balaban J connectivity index is 2.06. The molecule has 0 fully saturated rings. The smallest absolute Gasteiger partial charge is 0.244 e. The van der Waals surface area contributed by atoms with Crippen LogP contribution in [-0.2, 0) is 32.6 Å². The first-order valence-electron chi connectivity index (χ1n) is 13.3. The molecule has 0 bridgehead atoms. The van der Waals surface area contributed by atoms with E-state index in [9.17, 15) is 18.0 Å². The maximum atomic E-state index is 14.1. The number of aryl methyl sites for hydroxylation is 2. The Labute approximate surface area is 246 Å². The fourth-order valence-corrected chi connectivity index (χ4v) is 5.47. The van der Waals surface area contributed by atoms with Crippen molar-refractivity contribution in [1.29, 1.82) is 0 Å². The van der Waals surface area contributed by atoms with Crippen LogP contribution in [0.25, 0.3) is 0 Å². The van der Waals surface area contributed by atoms with Crippen molar-refractivity contribution in [2.45, 2.75) is 46.7 Å². The van der Waals surface area contributed by atoms with Crippen LogP contribution < -0.4 is 9.62 Å². The standard InChI is InChI=1S/C31H38BrN3O4S/c1-22(2)19-33-31(37)29(18-25-11-7-6-8-12-25)34(20-26-13-9-10-23(3)16-26)30(36)21-35(40(5,38)39)27-14-15-28(32)24(4)17-27/h6-17,22,29H,18-21H2,1-5H3,(H,33,37)/t29-/m1/s1. The number of nitrogens with one attached hydrogen (secondary N) is 1. The molecule has 0 unspecified atom stereocenters. The van der Waals surface area contributed by atoms with Gasteiger partial charge in [-0.25, -0.2) is 8.42 Å². The molecule has 0 saturated carbocycles. The maximum Gasteiger partial charge on any atom is 0.244 e. The minimum absolute atomic E-state index is 0.157. The molecule has 3 aromatic rings. The van der Waals surface area contributed by atoms with Gasteiger partial charge in [0.2, 0.25) is 21.8 Å². The molecule has 0 aliphatic heterocycles. The third-order valence-electron chi connectivity index (χ3n) is 6.50. The second-order valence-corrected chi connectivity index (χ2v) is 13.3. The van der Waals surface area contributed by atoms with E-state index in [1.165, 1.54) is 4.90 Å². The summed E-state index contributed by atoms with van der Waals surface area (Å²) < 4.78 is 27.8. The lowest BCUT2D eigenvalue weighted by atomic mass is 10.0. The Morgan fingerprint density at radius 2 is 1.60 bits per heavy atom. The van der Waals surface area contributed by atoms with E-state index in [0.29, 0.717) is 18.7 Å². The van der Waals surface area contributed by atoms with Crippen LogP contribution in [0.2, 0.25) is 0 Å². The lowest BCUT2D eigenvalue weighted by Crippen LogP contribution is -2.53. The molecule has 0 aromatic heterocycles. The van der Waals surface area contributed by atoms with E-state index in [4.69, 9.17) is 0 Å². The highest BCUT2D eigenvalue weighted by atomic mass is 79.9. The number of sulfonamides is 1. The number of carbonyl (C=O) groups is 2. The lowest BCUT2D eigenvalue weighted by molar-refractivity contribution is -0.140. The fraction of sp³-hybridized carbons (Fsp3) is 0.355. The molecule has 9 heteroatoms. The first-order valence-corrected chi connectivity index (χ1v) is 15.9. The van der Waals surface area contributed by atoms with Crippen LogP contribution in [0.15, 0.2) is 77.3 Å². The van der Waals surface area contributed by atoms with Gasteiger partial charge in [0.25, 0.3) is 0 Å². The zero-order chi connectivity index (χ0) is 29.4. The first-order chi connectivity index (χ1) is 18.8. The van der Waals surface area contributed by atoms with Crippen LogP contribution in [0, 0.1) is 19.8 Å². The second-order valence-electron chi connectivity index (χ2n) is 10.6. The van der Waals surface area contributed by atoms with E-state index in [1.807, 2.05) is 82.3 Å². The summed E-state index contributed by atoms with van der Waals surface area (Å²) >= 11 is 3.45. The van der Waals surface area contributed by atoms with Crippen LogP contribution in [0.1, 0.15) is 36.1 Å². The van der Waals surface area contributed by atoms with Gasteiger partial charge in [0.05, 0.1) is 11.9 Å². The fourth-order valence-electron chi connectivity index (χ4n) is 4.38. The van der Waals surface area contributed by atoms with Crippen molar-refractivity contribution < 1.29 is 18.0 Å². The molecule has 3 rings (SSSR count). The summed E-state index contributed by atoms with van der Waals surface area (Å²) in [4.78, 5) is 29.3. The zero-order valence-corrected chi connectivity index (χ0v) is 26.1. The number of anilines is 1. The van der Waals surface area contributed by atoms with Crippen molar-refractivity contribution in [1.82, 2.24) is 10.2 Å². The van der Waals surface area contributed by atoms with Gasteiger partial charge in [-0.05, 0) is 54.7 Å².